The predicted molar refractivity (Wildman–Crippen MR) is 182 cm³/mol. The number of nitriles is 1. The molecule has 1 fully saturated rings. The number of hydrogen-bond acceptors (Lipinski definition) is 11. The number of rotatable bonds is 5. The van der Waals surface area contributed by atoms with E-state index in [1.165, 1.54) is 28.0 Å². The van der Waals surface area contributed by atoms with Crippen LogP contribution in [0.4, 0.5) is 15.3 Å². The number of nitrogens with one attached hydrogen (secondary N) is 1. The highest BCUT2D eigenvalue weighted by Crippen LogP contribution is 2.39. The van der Waals surface area contributed by atoms with Gasteiger partial charge < -0.3 is 29.0 Å². The summed E-state index contributed by atoms with van der Waals surface area (Å²) in [6.07, 6.45) is -0.966. The zero-order valence-corrected chi connectivity index (χ0v) is 30.2. The molecule has 266 valence electrons. The van der Waals surface area contributed by atoms with Gasteiger partial charge in [0.25, 0.3) is 5.91 Å². The number of aromatic nitrogens is 2. The summed E-state index contributed by atoms with van der Waals surface area (Å²) in [7, 11) is -4.14. The molecule has 0 spiro atoms. The van der Waals surface area contributed by atoms with Crippen molar-refractivity contribution in [2.75, 3.05) is 23.7 Å². The lowest BCUT2D eigenvalue weighted by atomic mass is 9.80. The number of carbonyl (C=O) groups is 3. The van der Waals surface area contributed by atoms with Gasteiger partial charge in [-0.3, -0.25) is 4.79 Å². The van der Waals surface area contributed by atoms with Gasteiger partial charge in [-0.2, -0.15) is 5.26 Å². The van der Waals surface area contributed by atoms with Gasteiger partial charge in [0.15, 0.2) is 9.84 Å². The van der Waals surface area contributed by atoms with Crippen LogP contribution in [-0.4, -0.2) is 77.7 Å². The highest BCUT2D eigenvalue weighted by Gasteiger charge is 2.44. The number of benzene rings is 2. The SMILES string of the molecule is CC(C)(C)OC(=O)N[C@H]1CS(=O)(=O)c2ccc(-c3nnc(C4(C#N)CCN(C(=O)OC(C)(C)C)CC4)o3)cc2N(Cc2ccc(Cl)cc2)C1=O. The van der Waals surface area contributed by atoms with Crippen LogP contribution >= 0.6 is 11.6 Å². The van der Waals surface area contributed by atoms with E-state index in [1.54, 1.807) is 65.8 Å². The summed E-state index contributed by atoms with van der Waals surface area (Å²) in [4.78, 5) is 42.1. The predicted octanol–water partition coefficient (Wildman–Crippen LogP) is 5.40. The highest BCUT2D eigenvalue weighted by molar-refractivity contribution is 7.91. The lowest BCUT2D eigenvalue weighted by Crippen LogP contribution is -2.51. The lowest BCUT2D eigenvalue weighted by molar-refractivity contribution is -0.120. The Hall–Kier alpha value is -4.68. The Morgan fingerprint density at radius 2 is 1.68 bits per heavy atom. The van der Waals surface area contributed by atoms with Crippen molar-refractivity contribution in [1.29, 1.82) is 5.26 Å². The molecule has 1 saturated heterocycles. The third-order valence-electron chi connectivity index (χ3n) is 8.04. The van der Waals surface area contributed by atoms with E-state index in [0.717, 1.165) is 0 Å². The van der Waals surface area contributed by atoms with Crippen LogP contribution in [0.5, 0.6) is 0 Å². The number of carbonyl (C=O) groups excluding carboxylic acids is 3. The molecule has 0 radical (unpaired) electrons. The number of piperidine rings is 1. The fourth-order valence-corrected chi connectivity index (χ4v) is 7.34. The second kappa shape index (κ2) is 13.6. The molecule has 5 rings (SSSR count). The number of alkyl carbamates (subject to hydrolysis) is 1. The van der Waals surface area contributed by atoms with Gasteiger partial charge in [-0.25, -0.2) is 18.0 Å². The van der Waals surface area contributed by atoms with Crippen LogP contribution in [0.2, 0.25) is 5.02 Å². The molecule has 1 N–H and O–H groups in total. The van der Waals surface area contributed by atoms with E-state index in [9.17, 15) is 28.1 Å². The Kier molecular flexibility index (Phi) is 9.92. The van der Waals surface area contributed by atoms with Gasteiger partial charge >= 0.3 is 12.2 Å². The highest BCUT2D eigenvalue weighted by atomic mass is 35.5. The van der Waals surface area contributed by atoms with E-state index in [2.05, 4.69) is 21.6 Å². The van der Waals surface area contributed by atoms with E-state index >= 15 is 0 Å². The van der Waals surface area contributed by atoms with Gasteiger partial charge in [0.1, 0.15) is 22.7 Å². The molecule has 3 amide bonds. The van der Waals surface area contributed by atoms with Crippen LogP contribution in [0.15, 0.2) is 51.8 Å². The molecule has 16 heteroatoms. The number of likely N-dealkylation sites (tertiary alicyclic amines) is 1. The molecule has 2 aliphatic heterocycles. The van der Waals surface area contributed by atoms with Crippen LogP contribution in [0.1, 0.15) is 65.8 Å². The number of halogens is 1. The zero-order chi connectivity index (χ0) is 36.6. The minimum Gasteiger partial charge on any atom is -0.444 e. The molecule has 0 bridgehead atoms. The van der Waals surface area contributed by atoms with Crippen molar-refractivity contribution in [2.24, 2.45) is 0 Å². The summed E-state index contributed by atoms with van der Waals surface area (Å²) in [5.74, 6) is -1.34. The lowest BCUT2D eigenvalue weighted by Gasteiger charge is -2.35. The average molecular weight is 727 g/mol. The molecule has 1 aromatic heterocycles. The van der Waals surface area contributed by atoms with Crippen molar-refractivity contribution in [3.63, 3.8) is 0 Å². The molecule has 2 aliphatic rings. The maximum Gasteiger partial charge on any atom is 0.410 e. The fraction of sp³-hybridized carbons (Fsp3) is 0.471. The number of ether oxygens (including phenoxy) is 2. The Morgan fingerprint density at radius 3 is 2.28 bits per heavy atom. The first-order valence-corrected chi connectivity index (χ1v) is 18.0. The smallest absolute Gasteiger partial charge is 0.410 e. The van der Waals surface area contributed by atoms with E-state index in [0.29, 0.717) is 16.1 Å². The van der Waals surface area contributed by atoms with Crippen molar-refractivity contribution in [3.05, 3.63) is 58.9 Å². The molecular weight excluding hydrogens is 688 g/mol. The Morgan fingerprint density at radius 1 is 1.04 bits per heavy atom. The summed E-state index contributed by atoms with van der Waals surface area (Å²) in [6, 6.07) is 11.8. The number of nitrogens with zero attached hydrogens (tertiary/aromatic N) is 5. The van der Waals surface area contributed by atoms with E-state index < -0.39 is 56.3 Å². The standard InChI is InChI=1S/C34H39ClN6O8S/c1-32(2,3)48-30(43)37-24-19-50(45,46)26-12-9-22(17-25(26)41(28(24)42)18-21-7-10-23(35)11-8-21)27-38-39-29(47-27)34(20-36)13-15-40(16-14-34)31(44)49-33(4,5)6/h7-12,17,24H,13-16,18-19H2,1-6H3,(H,37,43)/t24-/m0/s1. The molecule has 2 aromatic carbocycles. The van der Waals surface area contributed by atoms with Crippen molar-refractivity contribution in [1.82, 2.24) is 20.4 Å². The quantitative estimate of drug-likeness (QED) is 0.355. The van der Waals surface area contributed by atoms with Crippen LogP contribution in [0.25, 0.3) is 11.5 Å². The van der Waals surface area contributed by atoms with Crippen molar-refractivity contribution in [3.8, 4) is 17.5 Å². The van der Waals surface area contributed by atoms with Gasteiger partial charge in [0.05, 0.1) is 28.9 Å². The van der Waals surface area contributed by atoms with Crippen molar-refractivity contribution in [2.45, 2.75) is 88.5 Å². The van der Waals surface area contributed by atoms with Gasteiger partial charge in [-0.1, -0.05) is 23.7 Å². The van der Waals surface area contributed by atoms with Gasteiger partial charge in [0.2, 0.25) is 11.8 Å². The monoisotopic (exact) mass is 726 g/mol. The average Bonchev–Trinajstić information content (AvgIpc) is 3.51. The summed E-state index contributed by atoms with van der Waals surface area (Å²) in [6.45, 7) is 10.7. The summed E-state index contributed by atoms with van der Waals surface area (Å²) in [5, 5.41) is 21.5. The largest absolute Gasteiger partial charge is 0.444 e. The number of anilines is 1. The van der Waals surface area contributed by atoms with E-state index in [4.69, 9.17) is 25.5 Å². The van der Waals surface area contributed by atoms with Crippen molar-refractivity contribution >= 4 is 45.2 Å². The number of amides is 3. The van der Waals surface area contributed by atoms with E-state index in [-0.39, 0.29) is 54.8 Å². The molecule has 0 aliphatic carbocycles. The normalized spacial score (nSPS) is 18.8. The van der Waals surface area contributed by atoms with E-state index in [1.807, 2.05) is 0 Å². The molecule has 0 saturated carbocycles. The first-order chi connectivity index (χ1) is 23.3. The molecule has 3 heterocycles. The molecule has 14 nitrogen and oxygen atoms in total. The summed E-state index contributed by atoms with van der Waals surface area (Å²) >= 11 is 6.08. The number of sulfone groups is 1. The maximum atomic E-state index is 14.1. The fourth-order valence-electron chi connectivity index (χ4n) is 5.60. The zero-order valence-electron chi connectivity index (χ0n) is 28.6. The Balaban J connectivity index is 1.48. The van der Waals surface area contributed by atoms with Gasteiger partial charge in [0, 0.05) is 23.7 Å². The maximum absolute atomic E-state index is 14.1. The van der Waals surface area contributed by atoms with Crippen LogP contribution in [0, 0.1) is 11.3 Å². The van der Waals surface area contributed by atoms with Crippen LogP contribution in [-0.2, 0) is 36.1 Å². The molecule has 50 heavy (non-hydrogen) atoms. The molecular formula is C34H39ClN6O8S. The minimum absolute atomic E-state index is 0.00374. The number of hydrogen-bond donors (Lipinski definition) is 1. The first kappa shape index (κ1) is 36.6. The molecule has 0 unspecified atom stereocenters. The summed E-state index contributed by atoms with van der Waals surface area (Å²) < 4.78 is 44.3. The van der Waals surface area contributed by atoms with Gasteiger partial charge in [-0.15, -0.1) is 10.2 Å². The number of fused-ring (bicyclic) bond motifs is 1. The second-order valence-electron chi connectivity index (χ2n) is 14.3. The topological polar surface area (TPSA) is 185 Å². The first-order valence-electron chi connectivity index (χ1n) is 15.9. The Bertz CT molecular complexity index is 1930. The van der Waals surface area contributed by atoms with Crippen molar-refractivity contribution < 1.29 is 36.7 Å². The summed E-state index contributed by atoms with van der Waals surface area (Å²) in [5.41, 5.74) is -1.75. The van der Waals surface area contributed by atoms with Gasteiger partial charge in [-0.05, 0) is 90.3 Å². The Labute approximate surface area is 295 Å². The molecule has 3 aromatic rings. The third kappa shape index (κ3) is 8.19. The minimum atomic E-state index is -4.14. The second-order valence-corrected chi connectivity index (χ2v) is 16.7. The molecule has 1 atom stereocenters. The van der Waals surface area contributed by atoms with Crippen LogP contribution < -0.4 is 10.2 Å². The third-order valence-corrected chi connectivity index (χ3v) is 10.1. The van der Waals surface area contributed by atoms with Crippen LogP contribution in [0.3, 0.4) is 0 Å².